The second-order valence-electron chi connectivity index (χ2n) is 5.71. The lowest BCUT2D eigenvalue weighted by atomic mass is 10.1. The van der Waals surface area contributed by atoms with E-state index in [-0.39, 0.29) is 17.7 Å². The molecular formula is C19H16N4O2. The Labute approximate surface area is 144 Å². The molecule has 0 aliphatic rings. The van der Waals surface area contributed by atoms with Crippen LogP contribution in [0.2, 0.25) is 0 Å². The molecule has 124 valence electrons. The molecule has 6 heteroatoms. The minimum Gasteiger partial charge on any atom is -0.459 e. The standard InChI is InChI=1S/C19H16N4O2/c1-13(18-22-21-16-9-5-6-11-23(16)18)20-19(24)17-15(10-12-25-17)14-7-3-2-4-8-14/h2-13H,1H3,(H,20,24)/t13-/m1/s1. The summed E-state index contributed by atoms with van der Waals surface area (Å²) < 4.78 is 7.28. The highest BCUT2D eigenvalue weighted by Crippen LogP contribution is 2.25. The summed E-state index contributed by atoms with van der Waals surface area (Å²) in [4.78, 5) is 12.7. The number of nitrogens with zero attached hydrogens (tertiary/aromatic N) is 3. The molecule has 0 fully saturated rings. The van der Waals surface area contributed by atoms with Crippen molar-refractivity contribution in [2.45, 2.75) is 13.0 Å². The van der Waals surface area contributed by atoms with Gasteiger partial charge in [-0.2, -0.15) is 0 Å². The van der Waals surface area contributed by atoms with Gasteiger partial charge in [-0.15, -0.1) is 10.2 Å². The first-order chi connectivity index (χ1) is 12.2. The molecule has 1 atom stereocenters. The molecule has 1 aromatic carbocycles. The number of furan rings is 1. The largest absolute Gasteiger partial charge is 0.459 e. The number of pyridine rings is 1. The molecule has 0 bridgehead atoms. The van der Waals surface area contributed by atoms with E-state index in [0.29, 0.717) is 5.82 Å². The van der Waals surface area contributed by atoms with Crippen LogP contribution in [-0.4, -0.2) is 20.5 Å². The van der Waals surface area contributed by atoms with Gasteiger partial charge >= 0.3 is 0 Å². The second-order valence-corrected chi connectivity index (χ2v) is 5.71. The maximum Gasteiger partial charge on any atom is 0.288 e. The normalized spacial score (nSPS) is 12.2. The molecule has 0 aliphatic heterocycles. The van der Waals surface area contributed by atoms with Crippen molar-refractivity contribution in [2.24, 2.45) is 0 Å². The number of carbonyl (C=O) groups is 1. The number of nitrogens with one attached hydrogen (secondary N) is 1. The minimum absolute atomic E-state index is 0.284. The van der Waals surface area contributed by atoms with Crippen molar-refractivity contribution in [1.82, 2.24) is 19.9 Å². The number of hydrogen-bond donors (Lipinski definition) is 1. The van der Waals surface area contributed by atoms with Crippen LogP contribution >= 0.6 is 0 Å². The van der Waals surface area contributed by atoms with E-state index >= 15 is 0 Å². The van der Waals surface area contributed by atoms with Crippen molar-refractivity contribution >= 4 is 11.6 Å². The van der Waals surface area contributed by atoms with Gasteiger partial charge in [0.15, 0.2) is 17.2 Å². The summed E-state index contributed by atoms with van der Waals surface area (Å²) in [5, 5.41) is 11.2. The van der Waals surface area contributed by atoms with Crippen molar-refractivity contribution in [1.29, 1.82) is 0 Å². The highest BCUT2D eigenvalue weighted by molar-refractivity contribution is 5.98. The predicted molar refractivity (Wildman–Crippen MR) is 93.0 cm³/mol. The SMILES string of the molecule is C[C@@H](NC(=O)c1occc1-c1ccccc1)c1nnc2ccccn12. The molecule has 25 heavy (non-hydrogen) atoms. The van der Waals surface area contributed by atoms with Crippen LogP contribution in [0.5, 0.6) is 0 Å². The van der Waals surface area contributed by atoms with Crippen molar-refractivity contribution in [2.75, 3.05) is 0 Å². The van der Waals surface area contributed by atoms with Crippen LogP contribution < -0.4 is 5.32 Å². The van der Waals surface area contributed by atoms with Gasteiger partial charge in [-0.1, -0.05) is 36.4 Å². The van der Waals surface area contributed by atoms with Gasteiger partial charge in [0.1, 0.15) is 0 Å². The van der Waals surface area contributed by atoms with Crippen LogP contribution in [0, 0.1) is 0 Å². The fourth-order valence-corrected chi connectivity index (χ4v) is 2.81. The summed E-state index contributed by atoms with van der Waals surface area (Å²) in [5.41, 5.74) is 2.43. The molecule has 0 radical (unpaired) electrons. The van der Waals surface area contributed by atoms with Gasteiger partial charge in [-0.05, 0) is 30.7 Å². The molecule has 0 saturated heterocycles. The first kappa shape index (κ1) is 15.1. The third kappa shape index (κ3) is 2.78. The maximum atomic E-state index is 12.7. The van der Waals surface area contributed by atoms with E-state index in [1.165, 1.54) is 6.26 Å². The average molecular weight is 332 g/mol. The maximum absolute atomic E-state index is 12.7. The molecule has 0 aliphatic carbocycles. The van der Waals surface area contributed by atoms with Gasteiger partial charge in [0.2, 0.25) is 0 Å². The fourth-order valence-electron chi connectivity index (χ4n) is 2.81. The average Bonchev–Trinajstić information content (AvgIpc) is 3.29. The molecule has 0 saturated carbocycles. The highest BCUT2D eigenvalue weighted by Gasteiger charge is 2.21. The van der Waals surface area contributed by atoms with Gasteiger partial charge in [0, 0.05) is 11.8 Å². The number of benzene rings is 1. The van der Waals surface area contributed by atoms with E-state index in [1.54, 1.807) is 6.07 Å². The number of rotatable bonds is 4. The number of aromatic nitrogens is 3. The Morgan fingerprint density at radius 1 is 1.08 bits per heavy atom. The molecule has 3 aromatic heterocycles. The minimum atomic E-state index is -0.321. The summed E-state index contributed by atoms with van der Waals surface area (Å²) in [6, 6.07) is 16.8. The molecule has 0 unspecified atom stereocenters. The van der Waals surface area contributed by atoms with Crippen LogP contribution in [0.3, 0.4) is 0 Å². The summed E-state index contributed by atoms with van der Waals surface area (Å²) in [6.07, 6.45) is 3.39. The molecule has 4 rings (SSSR count). The Balaban J connectivity index is 1.60. The van der Waals surface area contributed by atoms with Gasteiger partial charge in [-0.25, -0.2) is 0 Å². The molecule has 0 spiro atoms. The van der Waals surface area contributed by atoms with Crippen LogP contribution in [0.25, 0.3) is 16.8 Å². The van der Waals surface area contributed by atoms with Crippen LogP contribution in [0.15, 0.2) is 71.5 Å². The first-order valence-corrected chi connectivity index (χ1v) is 7.97. The Morgan fingerprint density at radius 2 is 1.88 bits per heavy atom. The third-order valence-corrected chi connectivity index (χ3v) is 4.03. The molecule has 3 heterocycles. The number of hydrogen-bond acceptors (Lipinski definition) is 4. The van der Waals surface area contributed by atoms with Gasteiger partial charge in [-0.3, -0.25) is 9.20 Å². The zero-order valence-corrected chi connectivity index (χ0v) is 13.6. The monoisotopic (exact) mass is 332 g/mol. The Kier molecular flexibility index (Phi) is 3.78. The van der Waals surface area contributed by atoms with Crippen molar-refractivity contribution < 1.29 is 9.21 Å². The number of amides is 1. The Bertz CT molecular complexity index is 1020. The zero-order valence-electron chi connectivity index (χ0n) is 13.6. The Morgan fingerprint density at radius 3 is 2.72 bits per heavy atom. The van der Waals surface area contributed by atoms with Crippen LogP contribution in [0.1, 0.15) is 29.3 Å². The van der Waals surface area contributed by atoms with Gasteiger partial charge < -0.3 is 9.73 Å². The van der Waals surface area contributed by atoms with Crippen LogP contribution in [-0.2, 0) is 0 Å². The van der Waals surface area contributed by atoms with E-state index in [0.717, 1.165) is 16.8 Å². The second kappa shape index (κ2) is 6.24. The quantitative estimate of drug-likeness (QED) is 0.621. The number of carbonyl (C=O) groups excluding carboxylic acids is 1. The van der Waals surface area contributed by atoms with E-state index < -0.39 is 0 Å². The van der Waals surface area contributed by atoms with Crippen molar-refractivity contribution in [3.05, 3.63) is 78.6 Å². The predicted octanol–water partition coefficient (Wildman–Crippen LogP) is 3.48. The topological polar surface area (TPSA) is 72.4 Å². The summed E-state index contributed by atoms with van der Waals surface area (Å²) >= 11 is 0. The molecular weight excluding hydrogens is 316 g/mol. The van der Waals surface area contributed by atoms with Gasteiger partial charge in [0.25, 0.3) is 5.91 Å². The lowest BCUT2D eigenvalue weighted by molar-refractivity contribution is 0.0911. The van der Waals surface area contributed by atoms with E-state index in [4.69, 9.17) is 4.42 Å². The van der Waals surface area contributed by atoms with Crippen LogP contribution in [0.4, 0.5) is 0 Å². The van der Waals surface area contributed by atoms with Crippen molar-refractivity contribution in [3.8, 4) is 11.1 Å². The van der Waals surface area contributed by atoms with E-state index in [9.17, 15) is 4.79 Å². The third-order valence-electron chi connectivity index (χ3n) is 4.03. The summed E-state index contributed by atoms with van der Waals surface area (Å²) in [7, 11) is 0. The fraction of sp³-hybridized carbons (Fsp3) is 0.105. The van der Waals surface area contributed by atoms with E-state index in [1.807, 2.05) is 66.1 Å². The number of fused-ring (bicyclic) bond motifs is 1. The lowest BCUT2D eigenvalue weighted by Gasteiger charge is -2.12. The van der Waals surface area contributed by atoms with E-state index in [2.05, 4.69) is 15.5 Å². The molecule has 1 N–H and O–H groups in total. The summed E-state index contributed by atoms with van der Waals surface area (Å²) in [5.74, 6) is 0.660. The smallest absolute Gasteiger partial charge is 0.288 e. The van der Waals surface area contributed by atoms with Gasteiger partial charge in [0.05, 0.1) is 12.3 Å². The highest BCUT2D eigenvalue weighted by atomic mass is 16.3. The summed E-state index contributed by atoms with van der Waals surface area (Å²) in [6.45, 7) is 1.87. The Hall–Kier alpha value is -3.41. The lowest BCUT2D eigenvalue weighted by Crippen LogP contribution is -2.28. The van der Waals surface area contributed by atoms with Crippen molar-refractivity contribution in [3.63, 3.8) is 0 Å². The molecule has 4 aromatic rings. The molecule has 1 amide bonds. The molecule has 6 nitrogen and oxygen atoms in total. The zero-order chi connectivity index (χ0) is 17.2. The first-order valence-electron chi connectivity index (χ1n) is 7.97.